The van der Waals surface area contributed by atoms with Gasteiger partial charge in [0, 0.05) is 28.8 Å². The van der Waals surface area contributed by atoms with Crippen molar-refractivity contribution in [1.29, 1.82) is 0 Å². The van der Waals surface area contributed by atoms with E-state index in [4.69, 9.17) is 24.9 Å². The first-order chi connectivity index (χ1) is 16.6. The zero-order valence-corrected chi connectivity index (χ0v) is 18.6. The molecule has 8 heteroatoms. The summed E-state index contributed by atoms with van der Waals surface area (Å²) in [6.45, 7) is 3.65. The third kappa shape index (κ3) is 3.17. The van der Waals surface area contributed by atoms with Crippen LogP contribution < -0.4 is 10.5 Å². The molecule has 0 radical (unpaired) electrons. The molecule has 3 aliphatic rings. The number of halogens is 1. The number of rotatable bonds is 2. The molecular formula is C26H23FN4O3. The third-order valence-electron chi connectivity index (χ3n) is 6.68. The Morgan fingerprint density at radius 1 is 1.12 bits per heavy atom. The van der Waals surface area contributed by atoms with Gasteiger partial charge in [-0.25, -0.2) is 9.98 Å². The number of hydrogen-bond donors (Lipinski definition) is 1. The quantitative estimate of drug-likeness (QED) is 0.572. The minimum atomic E-state index is -0.881. The Kier molecular flexibility index (Phi) is 4.84. The van der Waals surface area contributed by atoms with Gasteiger partial charge in [0.1, 0.15) is 11.3 Å². The van der Waals surface area contributed by atoms with E-state index in [1.54, 1.807) is 18.3 Å². The lowest BCUT2D eigenvalue weighted by molar-refractivity contribution is 0.152. The second-order valence-electron chi connectivity index (χ2n) is 8.72. The topological polar surface area (TPSA) is 91.9 Å². The fourth-order valence-corrected chi connectivity index (χ4v) is 4.98. The molecule has 7 nitrogen and oxygen atoms in total. The fourth-order valence-electron chi connectivity index (χ4n) is 4.98. The van der Waals surface area contributed by atoms with Gasteiger partial charge in [0.15, 0.2) is 5.75 Å². The first-order valence-electron chi connectivity index (χ1n) is 11.3. The summed E-state index contributed by atoms with van der Waals surface area (Å²) in [5.74, 6) is 0.620. The van der Waals surface area contributed by atoms with Gasteiger partial charge < -0.3 is 19.9 Å². The molecule has 3 aliphatic heterocycles. The van der Waals surface area contributed by atoms with Crippen LogP contribution in [-0.4, -0.2) is 35.8 Å². The van der Waals surface area contributed by atoms with Crippen LogP contribution in [0.5, 0.6) is 11.5 Å². The summed E-state index contributed by atoms with van der Waals surface area (Å²) in [7, 11) is 0. The van der Waals surface area contributed by atoms with Crippen molar-refractivity contribution < 1.29 is 18.6 Å². The average molecular weight is 458 g/mol. The van der Waals surface area contributed by atoms with Gasteiger partial charge in [-0.15, -0.1) is 0 Å². The highest BCUT2D eigenvalue weighted by Crippen LogP contribution is 2.54. The molecule has 1 aromatic carbocycles. The predicted octanol–water partition coefficient (Wildman–Crippen LogP) is 4.42. The van der Waals surface area contributed by atoms with Gasteiger partial charge in [0.05, 0.1) is 31.7 Å². The van der Waals surface area contributed by atoms with Crippen LogP contribution in [-0.2, 0) is 15.0 Å². The highest BCUT2D eigenvalue weighted by Gasteiger charge is 2.49. The van der Waals surface area contributed by atoms with Crippen LogP contribution in [0.15, 0.2) is 59.9 Å². The molecule has 1 spiro atoms. The summed E-state index contributed by atoms with van der Waals surface area (Å²) >= 11 is 0. The number of fused-ring (bicyclic) bond motifs is 4. The Hall–Kier alpha value is -3.78. The SMILES string of the molecule is C[C@H]1COC(N)=N[C@@]12c1cc(-c3cccnc3F)ccc1Oc1cnc(C3=CCCOC3)cc12. The second kappa shape index (κ2) is 7.92. The minimum Gasteiger partial charge on any atom is -0.465 e. The van der Waals surface area contributed by atoms with E-state index >= 15 is 0 Å². The number of nitrogens with zero attached hydrogens (tertiary/aromatic N) is 3. The zero-order chi connectivity index (χ0) is 23.3. The molecule has 5 heterocycles. The first kappa shape index (κ1) is 20.8. The largest absolute Gasteiger partial charge is 0.465 e. The standard InChI is InChI=1S/C26H23FN4O3/c1-15-13-33-25(28)31-26(15)19-10-16(18-5-2-8-29-24(18)27)6-7-22(19)34-23-12-30-21(11-20(23)26)17-4-3-9-32-14-17/h2,4-8,10-12,15H,3,9,13-14H2,1H3,(H2,28,31)/t15-,26+/m0/s1. The molecule has 2 N–H and O–H groups in total. The van der Waals surface area contributed by atoms with Crippen LogP contribution in [0, 0.1) is 11.9 Å². The van der Waals surface area contributed by atoms with Crippen LogP contribution in [0.3, 0.4) is 0 Å². The Morgan fingerprint density at radius 2 is 2.00 bits per heavy atom. The van der Waals surface area contributed by atoms with Crippen molar-refractivity contribution in [3.05, 3.63) is 77.6 Å². The lowest BCUT2D eigenvalue weighted by Gasteiger charge is -2.43. The van der Waals surface area contributed by atoms with Crippen molar-refractivity contribution in [2.75, 3.05) is 19.8 Å². The lowest BCUT2D eigenvalue weighted by atomic mass is 9.71. The molecule has 0 unspecified atom stereocenters. The molecule has 0 saturated heterocycles. The molecule has 0 fully saturated rings. The number of amidine groups is 1. The fraction of sp³-hybridized carbons (Fsp3) is 0.269. The van der Waals surface area contributed by atoms with Crippen LogP contribution in [0.1, 0.15) is 30.2 Å². The van der Waals surface area contributed by atoms with Gasteiger partial charge in [-0.2, -0.15) is 4.39 Å². The molecule has 6 rings (SSSR count). The van der Waals surface area contributed by atoms with E-state index in [2.05, 4.69) is 23.0 Å². The number of pyridine rings is 2. The van der Waals surface area contributed by atoms with E-state index in [-0.39, 0.29) is 11.9 Å². The number of benzene rings is 1. The van der Waals surface area contributed by atoms with E-state index in [1.807, 2.05) is 24.3 Å². The summed E-state index contributed by atoms with van der Waals surface area (Å²) in [4.78, 5) is 13.3. The van der Waals surface area contributed by atoms with Gasteiger partial charge in [-0.3, -0.25) is 4.98 Å². The van der Waals surface area contributed by atoms with Crippen molar-refractivity contribution in [3.8, 4) is 22.6 Å². The third-order valence-corrected chi connectivity index (χ3v) is 6.68. The average Bonchev–Trinajstić information content (AvgIpc) is 2.87. The van der Waals surface area contributed by atoms with Gasteiger partial charge >= 0.3 is 0 Å². The van der Waals surface area contributed by atoms with Crippen LogP contribution in [0.2, 0.25) is 0 Å². The van der Waals surface area contributed by atoms with Gasteiger partial charge in [-0.1, -0.05) is 19.1 Å². The maximum absolute atomic E-state index is 14.5. The van der Waals surface area contributed by atoms with E-state index in [0.29, 0.717) is 42.4 Å². The summed E-state index contributed by atoms with van der Waals surface area (Å²) < 4.78 is 32.1. The Balaban J connectivity index is 1.59. The molecule has 34 heavy (non-hydrogen) atoms. The highest BCUT2D eigenvalue weighted by atomic mass is 19.1. The van der Waals surface area contributed by atoms with Crippen molar-refractivity contribution in [2.24, 2.45) is 16.6 Å². The molecule has 0 bridgehead atoms. The number of aliphatic imine (C=N–C) groups is 1. The summed E-state index contributed by atoms with van der Waals surface area (Å²) in [6.07, 6.45) is 6.15. The highest BCUT2D eigenvalue weighted by molar-refractivity contribution is 5.77. The Bertz CT molecular complexity index is 1360. The Morgan fingerprint density at radius 3 is 2.82 bits per heavy atom. The van der Waals surface area contributed by atoms with Crippen molar-refractivity contribution >= 4 is 11.6 Å². The summed E-state index contributed by atoms with van der Waals surface area (Å²) in [5.41, 5.74) is 9.83. The molecule has 3 aromatic rings. The van der Waals surface area contributed by atoms with Crippen LogP contribution in [0.4, 0.5) is 4.39 Å². The molecule has 0 saturated carbocycles. The molecule has 172 valence electrons. The molecular weight excluding hydrogens is 435 g/mol. The first-order valence-corrected chi connectivity index (χ1v) is 11.3. The van der Waals surface area contributed by atoms with Crippen LogP contribution in [0.25, 0.3) is 16.7 Å². The van der Waals surface area contributed by atoms with Crippen molar-refractivity contribution in [1.82, 2.24) is 9.97 Å². The molecule has 2 atom stereocenters. The van der Waals surface area contributed by atoms with Crippen molar-refractivity contribution in [3.63, 3.8) is 0 Å². The smallest absolute Gasteiger partial charge is 0.283 e. The second-order valence-corrected chi connectivity index (χ2v) is 8.72. The summed E-state index contributed by atoms with van der Waals surface area (Å²) in [5, 5.41) is 0. The van der Waals surface area contributed by atoms with Gasteiger partial charge in [0.2, 0.25) is 5.95 Å². The number of aromatic nitrogens is 2. The van der Waals surface area contributed by atoms with E-state index in [0.717, 1.165) is 28.8 Å². The van der Waals surface area contributed by atoms with E-state index in [9.17, 15) is 4.39 Å². The van der Waals surface area contributed by atoms with Gasteiger partial charge in [-0.05, 0) is 47.9 Å². The normalized spacial score (nSPS) is 23.2. The number of nitrogens with two attached hydrogens (primary N) is 1. The maximum Gasteiger partial charge on any atom is 0.283 e. The predicted molar refractivity (Wildman–Crippen MR) is 125 cm³/mol. The number of hydrogen-bond acceptors (Lipinski definition) is 7. The zero-order valence-electron chi connectivity index (χ0n) is 18.6. The molecule has 2 aromatic heterocycles. The lowest BCUT2D eigenvalue weighted by Crippen LogP contribution is -2.45. The summed E-state index contributed by atoms with van der Waals surface area (Å²) in [6, 6.07) is 11.1. The number of ether oxygens (including phenoxy) is 3. The van der Waals surface area contributed by atoms with Crippen LogP contribution >= 0.6 is 0 Å². The molecule has 0 aliphatic carbocycles. The van der Waals surface area contributed by atoms with E-state index < -0.39 is 11.5 Å². The van der Waals surface area contributed by atoms with E-state index in [1.165, 1.54) is 6.20 Å². The Labute approximate surface area is 196 Å². The van der Waals surface area contributed by atoms with Gasteiger partial charge in [0.25, 0.3) is 6.02 Å². The van der Waals surface area contributed by atoms with Crippen molar-refractivity contribution in [2.45, 2.75) is 18.9 Å². The minimum absolute atomic E-state index is 0.0815. The monoisotopic (exact) mass is 458 g/mol. The molecule has 0 amide bonds. The maximum atomic E-state index is 14.5.